The van der Waals surface area contributed by atoms with E-state index in [0.717, 1.165) is 5.57 Å². The number of carbonyl (C=O) groups excluding carboxylic acids is 1. The van der Waals surface area contributed by atoms with E-state index in [1.54, 1.807) is 0 Å². The lowest BCUT2D eigenvalue weighted by atomic mass is 10.1. The zero-order chi connectivity index (χ0) is 13.9. The van der Waals surface area contributed by atoms with Crippen LogP contribution in [0.4, 0.5) is 0 Å². The number of aliphatic carboxylic acids is 2. The first-order valence-corrected chi connectivity index (χ1v) is 5.51. The van der Waals surface area contributed by atoms with Crippen molar-refractivity contribution in [2.24, 2.45) is 11.7 Å². The summed E-state index contributed by atoms with van der Waals surface area (Å²) < 4.78 is 0. The molecule has 100 valence electrons. The van der Waals surface area contributed by atoms with E-state index in [9.17, 15) is 14.4 Å². The van der Waals surface area contributed by atoms with E-state index in [-0.39, 0.29) is 18.8 Å². The summed E-state index contributed by atoms with van der Waals surface area (Å²) in [7, 11) is 0. The van der Waals surface area contributed by atoms with E-state index in [1.165, 1.54) is 0 Å². The Morgan fingerprint density at radius 3 is 2.33 bits per heavy atom. The van der Waals surface area contributed by atoms with Crippen molar-refractivity contribution >= 4 is 17.8 Å². The molecule has 0 aromatic heterocycles. The molecular weight excluding hydrogens is 240 g/mol. The highest BCUT2D eigenvalue weighted by Gasteiger charge is 2.40. The molecule has 0 aromatic carbocycles. The molecule has 0 aliphatic heterocycles. The van der Waals surface area contributed by atoms with Gasteiger partial charge in [-0.25, -0.2) is 4.79 Å². The molecule has 3 unspecified atom stereocenters. The molecule has 1 aliphatic rings. The highest BCUT2D eigenvalue weighted by atomic mass is 16.4. The van der Waals surface area contributed by atoms with Crippen LogP contribution in [0.3, 0.4) is 0 Å². The number of carbonyl (C=O) groups is 3. The average Bonchev–Trinajstić information content (AvgIpc) is 2.98. The molecular formula is C11H16N2O5. The third kappa shape index (κ3) is 3.85. The Kier molecular flexibility index (Phi) is 4.43. The molecule has 7 heteroatoms. The molecule has 0 heterocycles. The Morgan fingerprint density at radius 2 is 1.94 bits per heavy atom. The van der Waals surface area contributed by atoms with E-state index in [0.29, 0.717) is 6.42 Å². The van der Waals surface area contributed by atoms with Crippen LogP contribution in [-0.4, -0.2) is 40.1 Å². The van der Waals surface area contributed by atoms with Crippen LogP contribution in [0, 0.1) is 5.92 Å². The summed E-state index contributed by atoms with van der Waals surface area (Å²) >= 11 is 0. The number of hydrogen-bond acceptors (Lipinski definition) is 4. The first kappa shape index (κ1) is 14.2. The monoisotopic (exact) mass is 256 g/mol. The lowest BCUT2D eigenvalue weighted by molar-refractivity contribution is -0.143. The van der Waals surface area contributed by atoms with Crippen LogP contribution >= 0.6 is 0 Å². The van der Waals surface area contributed by atoms with Crippen molar-refractivity contribution in [2.45, 2.75) is 31.3 Å². The van der Waals surface area contributed by atoms with Gasteiger partial charge >= 0.3 is 11.9 Å². The van der Waals surface area contributed by atoms with Gasteiger partial charge in [-0.1, -0.05) is 12.2 Å². The fourth-order valence-electron chi connectivity index (χ4n) is 1.57. The van der Waals surface area contributed by atoms with Gasteiger partial charge in [-0.15, -0.1) is 0 Å². The molecule has 1 amide bonds. The Balaban J connectivity index is 2.40. The normalized spacial score (nSPS) is 20.9. The summed E-state index contributed by atoms with van der Waals surface area (Å²) in [4.78, 5) is 32.8. The largest absolute Gasteiger partial charge is 0.480 e. The molecule has 0 saturated heterocycles. The third-order valence-corrected chi connectivity index (χ3v) is 2.83. The maximum Gasteiger partial charge on any atom is 0.326 e. The van der Waals surface area contributed by atoms with Gasteiger partial charge in [0.2, 0.25) is 5.91 Å². The van der Waals surface area contributed by atoms with Crippen LogP contribution in [-0.2, 0) is 14.4 Å². The minimum Gasteiger partial charge on any atom is -0.480 e. The predicted molar refractivity (Wildman–Crippen MR) is 61.7 cm³/mol. The van der Waals surface area contributed by atoms with Gasteiger partial charge in [0, 0.05) is 12.3 Å². The molecule has 7 nitrogen and oxygen atoms in total. The Morgan fingerprint density at radius 1 is 1.39 bits per heavy atom. The molecule has 1 aliphatic carbocycles. The number of carboxylic acid groups (broad SMARTS) is 2. The second-order valence-corrected chi connectivity index (χ2v) is 4.34. The van der Waals surface area contributed by atoms with Crippen molar-refractivity contribution in [1.29, 1.82) is 0 Å². The second-order valence-electron chi connectivity index (χ2n) is 4.34. The van der Waals surface area contributed by atoms with E-state index >= 15 is 0 Å². The average molecular weight is 256 g/mol. The van der Waals surface area contributed by atoms with Crippen molar-refractivity contribution in [3.05, 3.63) is 12.2 Å². The molecule has 5 N–H and O–H groups in total. The molecule has 1 rings (SSSR count). The fraction of sp³-hybridized carbons (Fsp3) is 0.545. The summed E-state index contributed by atoms with van der Waals surface area (Å²) in [5.74, 6) is -3.04. The van der Waals surface area contributed by atoms with Gasteiger partial charge < -0.3 is 21.3 Å². The smallest absolute Gasteiger partial charge is 0.326 e. The standard InChI is InChI=1S/C11H16N2O5/c1-5-4-6(5)9(11(17)18)13-8(14)3-2-7(12)10(15)16/h6-7,9H,1-4,12H2,(H,13,14)(H,15,16)(H,17,18). The molecule has 0 aromatic rings. The molecule has 3 atom stereocenters. The van der Waals surface area contributed by atoms with Gasteiger partial charge in [0.05, 0.1) is 0 Å². The summed E-state index contributed by atoms with van der Waals surface area (Å²) in [5, 5.41) is 19.8. The molecule has 1 fully saturated rings. The summed E-state index contributed by atoms with van der Waals surface area (Å²) in [6.07, 6.45) is 0.446. The zero-order valence-electron chi connectivity index (χ0n) is 9.76. The van der Waals surface area contributed by atoms with Crippen LogP contribution < -0.4 is 11.1 Å². The molecule has 0 bridgehead atoms. The number of nitrogens with two attached hydrogens (primary N) is 1. The van der Waals surface area contributed by atoms with Crippen LogP contribution in [0.15, 0.2) is 12.2 Å². The summed E-state index contributed by atoms with van der Waals surface area (Å²) in [5.41, 5.74) is 6.04. The molecule has 0 radical (unpaired) electrons. The Labute approximate surface area is 104 Å². The van der Waals surface area contributed by atoms with Gasteiger partial charge in [0.15, 0.2) is 0 Å². The summed E-state index contributed by atoms with van der Waals surface area (Å²) in [6, 6.07) is -2.10. The maximum absolute atomic E-state index is 11.5. The van der Waals surface area contributed by atoms with Gasteiger partial charge in [-0.05, 0) is 12.8 Å². The van der Waals surface area contributed by atoms with Crippen molar-refractivity contribution in [3.8, 4) is 0 Å². The topological polar surface area (TPSA) is 130 Å². The van der Waals surface area contributed by atoms with Crippen molar-refractivity contribution < 1.29 is 24.6 Å². The lowest BCUT2D eigenvalue weighted by Crippen LogP contribution is -2.43. The zero-order valence-corrected chi connectivity index (χ0v) is 9.76. The highest BCUT2D eigenvalue weighted by molar-refractivity contribution is 5.85. The number of amides is 1. The number of carboxylic acids is 2. The van der Waals surface area contributed by atoms with Gasteiger partial charge in [0.25, 0.3) is 0 Å². The first-order chi connectivity index (χ1) is 8.32. The van der Waals surface area contributed by atoms with Gasteiger partial charge in [-0.2, -0.15) is 0 Å². The molecule has 1 saturated carbocycles. The fourth-order valence-corrected chi connectivity index (χ4v) is 1.57. The predicted octanol–water partition coefficient (Wildman–Crippen LogP) is -0.676. The maximum atomic E-state index is 11.5. The quantitative estimate of drug-likeness (QED) is 0.447. The molecule has 0 spiro atoms. The van der Waals surface area contributed by atoms with E-state index in [2.05, 4.69) is 11.9 Å². The van der Waals surface area contributed by atoms with E-state index in [1.807, 2.05) is 0 Å². The van der Waals surface area contributed by atoms with Crippen molar-refractivity contribution in [3.63, 3.8) is 0 Å². The van der Waals surface area contributed by atoms with E-state index < -0.39 is 29.9 Å². The summed E-state index contributed by atoms with van der Waals surface area (Å²) in [6.45, 7) is 3.64. The minimum atomic E-state index is -1.19. The lowest BCUT2D eigenvalue weighted by Gasteiger charge is -2.13. The SMILES string of the molecule is C=C1CC1C(NC(=O)CCC(N)C(=O)O)C(=O)O. The first-order valence-electron chi connectivity index (χ1n) is 5.51. The second kappa shape index (κ2) is 5.63. The third-order valence-electron chi connectivity index (χ3n) is 2.83. The Hall–Kier alpha value is -1.89. The van der Waals surface area contributed by atoms with Crippen LogP contribution in [0.25, 0.3) is 0 Å². The van der Waals surface area contributed by atoms with Crippen LogP contribution in [0.1, 0.15) is 19.3 Å². The Bertz CT molecular complexity index is 393. The van der Waals surface area contributed by atoms with Gasteiger partial charge in [-0.3, -0.25) is 9.59 Å². The van der Waals surface area contributed by atoms with E-state index in [4.69, 9.17) is 15.9 Å². The van der Waals surface area contributed by atoms with Gasteiger partial charge in [0.1, 0.15) is 12.1 Å². The van der Waals surface area contributed by atoms with Crippen molar-refractivity contribution in [2.75, 3.05) is 0 Å². The minimum absolute atomic E-state index is 0.0287. The highest BCUT2D eigenvalue weighted by Crippen LogP contribution is 2.38. The number of rotatable bonds is 7. The number of hydrogen-bond donors (Lipinski definition) is 4. The van der Waals surface area contributed by atoms with Crippen LogP contribution in [0.5, 0.6) is 0 Å². The van der Waals surface area contributed by atoms with Crippen LogP contribution in [0.2, 0.25) is 0 Å². The number of nitrogens with one attached hydrogen (secondary N) is 1. The molecule has 18 heavy (non-hydrogen) atoms. The van der Waals surface area contributed by atoms with Crippen molar-refractivity contribution in [1.82, 2.24) is 5.32 Å².